The molecule has 0 aliphatic carbocycles. The van der Waals surface area contributed by atoms with Gasteiger partial charge in [-0.15, -0.1) is 0 Å². The summed E-state index contributed by atoms with van der Waals surface area (Å²) >= 11 is 0. The quantitative estimate of drug-likeness (QED) is 0.672. The van der Waals surface area contributed by atoms with Gasteiger partial charge in [0.1, 0.15) is 5.54 Å². The van der Waals surface area contributed by atoms with Gasteiger partial charge in [-0.3, -0.25) is 4.90 Å². The smallest absolute Gasteiger partial charge is 0.113 e. The molecule has 0 amide bonds. The third kappa shape index (κ3) is 1.52. The molecular weight excluding hydrogens is 178 g/mol. The molecule has 14 heavy (non-hydrogen) atoms. The number of ether oxygens (including phenoxy) is 1. The van der Waals surface area contributed by atoms with E-state index in [-0.39, 0.29) is 5.54 Å². The van der Waals surface area contributed by atoms with Crippen molar-refractivity contribution in [2.24, 2.45) is 0 Å². The Kier molecular flexibility index (Phi) is 2.73. The average Bonchev–Trinajstić information content (AvgIpc) is 2.18. The lowest BCUT2D eigenvalue weighted by atomic mass is 9.86. The van der Waals surface area contributed by atoms with E-state index in [9.17, 15) is 5.26 Å². The van der Waals surface area contributed by atoms with Crippen molar-refractivity contribution < 1.29 is 4.74 Å². The highest BCUT2D eigenvalue weighted by Crippen LogP contribution is 2.31. The SMILES string of the molecule is CNC1CN(C2(C#N)CCOCC2)C1. The average molecular weight is 195 g/mol. The van der Waals surface area contributed by atoms with E-state index >= 15 is 0 Å². The molecule has 2 aliphatic rings. The van der Waals surface area contributed by atoms with Crippen molar-refractivity contribution in [3.63, 3.8) is 0 Å². The number of hydrogen-bond acceptors (Lipinski definition) is 4. The number of nitrogens with one attached hydrogen (secondary N) is 1. The van der Waals surface area contributed by atoms with Gasteiger partial charge < -0.3 is 10.1 Å². The van der Waals surface area contributed by atoms with Crippen molar-refractivity contribution in [2.75, 3.05) is 33.4 Å². The van der Waals surface area contributed by atoms with E-state index in [0.717, 1.165) is 39.1 Å². The van der Waals surface area contributed by atoms with Crippen LogP contribution in [0.15, 0.2) is 0 Å². The highest BCUT2D eigenvalue weighted by Gasteiger charge is 2.44. The second-order valence-electron chi connectivity index (χ2n) is 4.15. The van der Waals surface area contributed by atoms with Crippen LogP contribution >= 0.6 is 0 Å². The van der Waals surface area contributed by atoms with Crippen LogP contribution in [0.25, 0.3) is 0 Å². The number of nitrogens with zero attached hydrogens (tertiary/aromatic N) is 2. The zero-order valence-electron chi connectivity index (χ0n) is 8.62. The highest BCUT2D eigenvalue weighted by atomic mass is 16.5. The fraction of sp³-hybridized carbons (Fsp3) is 0.900. The van der Waals surface area contributed by atoms with Gasteiger partial charge in [0, 0.05) is 45.2 Å². The number of likely N-dealkylation sites (tertiary alicyclic amines) is 1. The van der Waals surface area contributed by atoms with Gasteiger partial charge in [-0.25, -0.2) is 0 Å². The van der Waals surface area contributed by atoms with E-state index in [1.165, 1.54) is 0 Å². The lowest BCUT2D eigenvalue weighted by Gasteiger charge is -2.50. The van der Waals surface area contributed by atoms with Crippen LogP contribution in [-0.2, 0) is 4.74 Å². The minimum atomic E-state index is -0.231. The van der Waals surface area contributed by atoms with E-state index in [1.807, 2.05) is 7.05 Å². The van der Waals surface area contributed by atoms with Crippen LogP contribution in [0.3, 0.4) is 0 Å². The molecule has 0 atom stereocenters. The van der Waals surface area contributed by atoms with Crippen molar-refractivity contribution in [3.05, 3.63) is 0 Å². The maximum Gasteiger partial charge on any atom is 0.113 e. The number of rotatable bonds is 2. The maximum atomic E-state index is 9.27. The second-order valence-corrected chi connectivity index (χ2v) is 4.15. The minimum absolute atomic E-state index is 0.231. The Morgan fingerprint density at radius 1 is 1.43 bits per heavy atom. The Balaban J connectivity index is 1.96. The summed E-state index contributed by atoms with van der Waals surface area (Å²) in [6, 6.07) is 3.05. The van der Waals surface area contributed by atoms with Gasteiger partial charge in [0.25, 0.3) is 0 Å². The standard InChI is InChI=1S/C10H17N3O/c1-12-9-6-13(7-9)10(8-11)2-4-14-5-3-10/h9,12H,2-7H2,1H3. The molecule has 0 aromatic carbocycles. The first kappa shape index (κ1) is 9.91. The first-order valence-corrected chi connectivity index (χ1v) is 5.22. The zero-order valence-corrected chi connectivity index (χ0v) is 8.62. The molecule has 0 aromatic heterocycles. The molecule has 0 spiro atoms. The first-order valence-electron chi connectivity index (χ1n) is 5.22. The van der Waals surface area contributed by atoms with Crippen LogP contribution in [0.2, 0.25) is 0 Å². The molecule has 0 aromatic rings. The van der Waals surface area contributed by atoms with Gasteiger partial charge in [-0.05, 0) is 7.05 Å². The molecule has 78 valence electrons. The van der Waals surface area contributed by atoms with Crippen LogP contribution in [0, 0.1) is 11.3 Å². The third-order valence-electron chi connectivity index (χ3n) is 3.42. The van der Waals surface area contributed by atoms with Gasteiger partial charge in [0.15, 0.2) is 0 Å². The predicted octanol–water partition coefficient (Wildman–Crippen LogP) is -0.0372. The normalized spacial score (nSPS) is 28.0. The van der Waals surface area contributed by atoms with Crippen molar-refractivity contribution in [1.82, 2.24) is 10.2 Å². The fourth-order valence-electron chi connectivity index (χ4n) is 2.22. The molecule has 2 heterocycles. The molecule has 0 saturated carbocycles. The van der Waals surface area contributed by atoms with E-state index in [1.54, 1.807) is 0 Å². The van der Waals surface area contributed by atoms with E-state index in [2.05, 4.69) is 16.3 Å². The largest absolute Gasteiger partial charge is 0.381 e. The molecule has 2 aliphatic heterocycles. The summed E-state index contributed by atoms with van der Waals surface area (Å²) in [4.78, 5) is 2.29. The van der Waals surface area contributed by atoms with Crippen molar-refractivity contribution in [2.45, 2.75) is 24.4 Å². The summed E-state index contributed by atoms with van der Waals surface area (Å²) in [5.41, 5.74) is -0.231. The molecule has 4 nitrogen and oxygen atoms in total. The van der Waals surface area contributed by atoms with Gasteiger partial charge in [-0.1, -0.05) is 0 Å². The van der Waals surface area contributed by atoms with E-state index in [4.69, 9.17) is 4.74 Å². The predicted molar refractivity (Wildman–Crippen MR) is 52.8 cm³/mol. The molecule has 2 fully saturated rings. The Morgan fingerprint density at radius 3 is 2.57 bits per heavy atom. The molecule has 0 radical (unpaired) electrons. The topological polar surface area (TPSA) is 48.3 Å². The zero-order chi connectivity index (χ0) is 10.0. The minimum Gasteiger partial charge on any atom is -0.381 e. The van der Waals surface area contributed by atoms with Crippen LogP contribution < -0.4 is 5.32 Å². The number of nitriles is 1. The van der Waals surface area contributed by atoms with Crippen LogP contribution in [0.4, 0.5) is 0 Å². The summed E-state index contributed by atoms with van der Waals surface area (Å²) in [5, 5.41) is 12.5. The summed E-state index contributed by atoms with van der Waals surface area (Å²) in [5.74, 6) is 0. The Bertz CT molecular complexity index is 236. The maximum absolute atomic E-state index is 9.27. The molecular formula is C10H17N3O. The van der Waals surface area contributed by atoms with Crippen LogP contribution in [0.1, 0.15) is 12.8 Å². The summed E-state index contributed by atoms with van der Waals surface area (Å²) in [6.45, 7) is 3.47. The third-order valence-corrected chi connectivity index (χ3v) is 3.42. The summed E-state index contributed by atoms with van der Waals surface area (Å²) in [6.07, 6.45) is 1.72. The van der Waals surface area contributed by atoms with Gasteiger partial charge in [-0.2, -0.15) is 5.26 Å². The molecule has 1 N–H and O–H groups in total. The van der Waals surface area contributed by atoms with Crippen molar-refractivity contribution in [3.8, 4) is 6.07 Å². The first-order chi connectivity index (χ1) is 6.80. The van der Waals surface area contributed by atoms with E-state index in [0.29, 0.717) is 6.04 Å². The van der Waals surface area contributed by atoms with Crippen LogP contribution in [-0.4, -0.2) is 49.8 Å². The van der Waals surface area contributed by atoms with Crippen LogP contribution in [0.5, 0.6) is 0 Å². The molecule has 2 rings (SSSR count). The summed E-state index contributed by atoms with van der Waals surface area (Å²) < 4.78 is 5.31. The molecule has 0 unspecified atom stereocenters. The Hall–Kier alpha value is -0.630. The Morgan fingerprint density at radius 2 is 2.07 bits per heavy atom. The Labute approximate surface area is 84.8 Å². The van der Waals surface area contributed by atoms with Gasteiger partial charge in [0.05, 0.1) is 6.07 Å². The lowest BCUT2D eigenvalue weighted by molar-refractivity contribution is -0.0376. The molecule has 4 heteroatoms. The highest BCUT2D eigenvalue weighted by molar-refractivity contribution is 5.13. The van der Waals surface area contributed by atoms with Crippen molar-refractivity contribution >= 4 is 0 Å². The van der Waals surface area contributed by atoms with Crippen molar-refractivity contribution in [1.29, 1.82) is 5.26 Å². The molecule has 2 saturated heterocycles. The number of hydrogen-bond donors (Lipinski definition) is 1. The molecule has 0 bridgehead atoms. The lowest BCUT2D eigenvalue weighted by Crippen LogP contribution is -2.66. The summed E-state index contributed by atoms with van der Waals surface area (Å²) in [7, 11) is 1.98. The second kappa shape index (κ2) is 3.85. The van der Waals surface area contributed by atoms with Gasteiger partial charge in [0.2, 0.25) is 0 Å². The van der Waals surface area contributed by atoms with Gasteiger partial charge >= 0.3 is 0 Å². The fourth-order valence-corrected chi connectivity index (χ4v) is 2.22. The van der Waals surface area contributed by atoms with E-state index < -0.39 is 0 Å². The monoisotopic (exact) mass is 195 g/mol. The number of likely N-dealkylation sites (N-methyl/N-ethyl adjacent to an activating group) is 1.